The second-order valence-electron chi connectivity index (χ2n) is 5.12. The van der Waals surface area contributed by atoms with Gasteiger partial charge in [0.25, 0.3) is 0 Å². The zero-order chi connectivity index (χ0) is 13.5. The van der Waals surface area contributed by atoms with Crippen molar-refractivity contribution in [1.82, 2.24) is 9.80 Å². The molecule has 1 aliphatic rings. The van der Waals surface area contributed by atoms with E-state index in [9.17, 15) is 4.79 Å². The van der Waals surface area contributed by atoms with Crippen molar-refractivity contribution in [3.8, 4) is 0 Å². The maximum absolute atomic E-state index is 11.8. The number of nitrogens with zero attached hydrogens (tertiary/aromatic N) is 2. The highest BCUT2D eigenvalue weighted by molar-refractivity contribution is 5.68. The minimum Gasteiger partial charge on any atom is -0.444 e. The molecule has 0 aromatic heterocycles. The summed E-state index contributed by atoms with van der Waals surface area (Å²) in [6, 6.07) is 0. The summed E-state index contributed by atoms with van der Waals surface area (Å²) in [5, 5.41) is 0. The summed E-state index contributed by atoms with van der Waals surface area (Å²) in [5.74, 6) is 0. The lowest BCUT2D eigenvalue weighted by Crippen LogP contribution is -2.38. The first-order chi connectivity index (χ1) is 7.88. The van der Waals surface area contributed by atoms with Gasteiger partial charge in [0.15, 0.2) is 0 Å². The first-order valence-electron chi connectivity index (χ1n) is 6.55. The summed E-state index contributed by atoms with van der Waals surface area (Å²) in [6.07, 6.45) is 0.841. The fourth-order valence-electron chi connectivity index (χ4n) is 1.56. The minimum absolute atomic E-state index is 0.183. The number of hydrogen-bond acceptors (Lipinski definition) is 3. The monoisotopic (exact) mass is 244 g/mol. The van der Waals surface area contributed by atoms with E-state index in [4.69, 9.17) is 4.74 Å². The molecule has 1 heterocycles. The molecule has 0 aliphatic carbocycles. The Labute approximate surface area is 106 Å². The van der Waals surface area contributed by atoms with Gasteiger partial charge in [0.2, 0.25) is 0 Å². The van der Waals surface area contributed by atoms with Gasteiger partial charge in [0.1, 0.15) is 5.60 Å². The molecule has 102 valence electrons. The van der Waals surface area contributed by atoms with Crippen LogP contribution in [0.3, 0.4) is 0 Å². The molecule has 4 heteroatoms. The van der Waals surface area contributed by atoms with Crippen LogP contribution in [0.1, 0.15) is 41.0 Å². The number of hydrogen-bond donors (Lipinski definition) is 0. The van der Waals surface area contributed by atoms with Gasteiger partial charge in [-0.3, -0.25) is 0 Å². The van der Waals surface area contributed by atoms with Crippen molar-refractivity contribution in [3.05, 3.63) is 0 Å². The first kappa shape index (κ1) is 16.2. The third kappa shape index (κ3) is 7.21. The first-order valence-corrected chi connectivity index (χ1v) is 6.55. The lowest BCUT2D eigenvalue weighted by molar-refractivity contribution is 0.0259. The molecule has 1 fully saturated rings. The van der Waals surface area contributed by atoms with Gasteiger partial charge in [-0.05, 0) is 40.8 Å². The van der Waals surface area contributed by atoms with Crippen molar-refractivity contribution in [2.45, 2.75) is 46.6 Å². The number of likely N-dealkylation sites (N-methyl/N-ethyl adjacent to an activating group) is 1. The Morgan fingerprint density at radius 2 is 1.65 bits per heavy atom. The molecule has 0 unspecified atom stereocenters. The Morgan fingerprint density at radius 3 is 2.18 bits per heavy atom. The Balaban J connectivity index is 0.00000121. The summed E-state index contributed by atoms with van der Waals surface area (Å²) in [7, 11) is 2.08. The lowest BCUT2D eigenvalue weighted by Gasteiger charge is -2.26. The van der Waals surface area contributed by atoms with Crippen molar-refractivity contribution < 1.29 is 9.53 Å². The fourth-order valence-corrected chi connectivity index (χ4v) is 1.56. The number of carbonyl (C=O) groups is 1. The standard InChI is InChI=1S/C11H22N2O2.C2H6/c1-11(2,3)15-10(14)13-7-5-6-12(4)8-9-13;1-2/h5-9H2,1-4H3;1-2H3. The second kappa shape index (κ2) is 7.54. The fraction of sp³-hybridized carbons (Fsp3) is 0.923. The van der Waals surface area contributed by atoms with E-state index in [2.05, 4.69) is 11.9 Å². The van der Waals surface area contributed by atoms with E-state index in [1.54, 1.807) is 4.90 Å². The van der Waals surface area contributed by atoms with Crippen LogP contribution in [0.25, 0.3) is 0 Å². The Kier molecular flexibility index (Phi) is 7.19. The summed E-state index contributed by atoms with van der Waals surface area (Å²) in [6.45, 7) is 13.3. The molecule has 4 nitrogen and oxygen atoms in total. The highest BCUT2D eigenvalue weighted by Crippen LogP contribution is 2.11. The summed E-state index contributed by atoms with van der Waals surface area (Å²) in [4.78, 5) is 15.8. The number of amides is 1. The van der Waals surface area contributed by atoms with E-state index in [1.165, 1.54) is 0 Å². The van der Waals surface area contributed by atoms with Crippen LogP contribution in [0, 0.1) is 0 Å². The zero-order valence-electron chi connectivity index (χ0n) is 12.2. The summed E-state index contributed by atoms with van der Waals surface area (Å²) in [5.41, 5.74) is -0.394. The molecule has 1 amide bonds. The molecular formula is C13H28N2O2. The maximum atomic E-state index is 11.8. The molecule has 1 rings (SSSR count). The predicted octanol–water partition coefficient (Wildman–Crippen LogP) is 2.59. The number of rotatable bonds is 0. The third-order valence-corrected chi connectivity index (χ3v) is 2.37. The van der Waals surface area contributed by atoms with Crippen LogP contribution >= 0.6 is 0 Å². The summed E-state index contributed by atoms with van der Waals surface area (Å²) < 4.78 is 5.34. The lowest BCUT2D eigenvalue weighted by atomic mass is 10.2. The molecule has 17 heavy (non-hydrogen) atoms. The van der Waals surface area contributed by atoms with Crippen LogP contribution < -0.4 is 0 Å². The average Bonchev–Trinajstić information content (AvgIpc) is 2.43. The van der Waals surface area contributed by atoms with E-state index < -0.39 is 5.60 Å². The van der Waals surface area contributed by atoms with Crippen LogP contribution in [0.15, 0.2) is 0 Å². The minimum atomic E-state index is -0.394. The molecule has 0 N–H and O–H groups in total. The molecule has 0 atom stereocenters. The van der Waals surface area contributed by atoms with Crippen molar-refractivity contribution >= 4 is 6.09 Å². The van der Waals surface area contributed by atoms with Gasteiger partial charge < -0.3 is 14.5 Å². The van der Waals surface area contributed by atoms with Crippen LogP contribution in [0.5, 0.6) is 0 Å². The molecular weight excluding hydrogens is 216 g/mol. The molecule has 0 aromatic rings. The van der Waals surface area contributed by atoms with E-state index in [-0.39, 0.29) is 6.09 Å². The van der Waals surface area contributed by atoms with E-state index >= 15 is 0 Å². The third-order valence-electron chi connectivity index (χ3n) is 2.37. The van der Waals surface area contributed by atoms with Crippen LogP contribution in [-0.2, 0) is 4.74 Å². The van der Waals surface area contributed by atoms with Gasteiger partial charge in [0.05, 0.1) is 0 Å². The quantitative estimate of drug-likeness (QED) is 0.656. The average molecular weight is 244 g/mol. The maximum Gasteiger partial charge on any atom is 0.410 e. The normalized spacial score (nSPS) is 17.9. The zero-order valence-corrected chi connectivity index (χ0v) is 12.2. The van der Waals surface area contributed by atoms with Gasteiger partial charge >= 0.3 is 6.09 Å². The second-order valence-corrected chi connectivity index (χ2v) is 5.12. The van der Waals surface area contributed by atoms with E-state index in [0.29, 0.717) is 0 Å². The highest BCUT2D eigenvalue weighted by atomic mass is 16.6. The van der Waals surface area contributed by atoms with Crippen molar-refractivity contribution in [2.75, 3.05) is 33.2 Å². The Morgan fingerprint density at radius 1 is 1.06 bits per heavy atom. The van der Waals surface area contributed by atoms with Gasteiger partial charge in [-0.15, -0.1) is 0 Å². The predicted molar refractivity (Wildman–Crippen MR) is 71.3 cm³/mol. The smallest absolute Gasteiger partial charge is 0.410 e. The van der Waals surface area contributed by atoms with Gasteiger partial charge in [-0.1, -0.05) is 13.8 Å². The largest absolute Gasteiger partial charge is 0.444 e. The van der Waals surface area contributed by atoms with Crippen molar-refractivity contribution in [2.24, 2.45) is 0 Å². The van der Waals surface area contributed by atoms with Gasteiger partial charge in [0, 0.05) is 19.6 Å². The molecule has 0 radical (unpaired) electrons. The van der Waals surface area contributed by atoms with E-state index in [0.717, 1.165) is 32.6 Å². The Hall–Kier alpha value is -0.770. The van der Waals surface area contributed by atoms with Crippen LogP contribution in [0.2, 0.25) is 0 Å². The van der Waals surface area contributed by atoms with Gasteiger partial charge in [-0.2, -0.15) is 0 Å². The molecule has 0 bridgehead atoms. The Bertz CT molecular complexity index is 224. The molecule has 1 saturated heterocycles. The number of carbonyl (C=O) groups excluding carboxylic acids is 1. The SMILES string of the molecule is CC.CN1CCCN(C(=O)OC(C)(C)C)CC1. The van der Waals surface area contributed by atoms with Crippen molar-refractivity contribution in [3.63, 3.8) is 0 Å². The van der Waals surface area contributed by atoms with Crippen molar-refractivity contribution in [1.29, 1.82) is 0 Å². The van der Waals surface area contributed by atoms with E-state index in [1.807, 2.05) is 34.6 Å². The van der Waals surface area contributed by atoms with Crippen LogP contribution in [-0.4, -0.2) is 54.7 Å². The number of ether oxygens (including phenoxy) is 1. The van der Waals surface area contributed by atoms with Gasteiger partial charge in [-0.25, -0.2) is 4.79 Å². The molecule has 0 aromatic carbocycles. The summed E-state index contributed by atoms with van der Waals surface area (Å²) >= 11 is 0. The highest BCUT2D eigenvalue weighted by Gasteiger charge is 2.23. The van der Waals surface area contributed by atoms with Crippen LogP contribution in [0.4, 0.5) is 4.79 Å². The molecule has 0 saturated carbocycles. The topological polar surface area (TPSA) is 32.8 Å². The molecule has 1 aliphatic heterocycles. The molecule has 0 spiro atoms.